The zero-order valence-electron chi connectivity index (χ0n) is 22.4. The maximum Gasteiger partial charge on any atom is 0.341 e. The number of thiophene rings is 1. The monoisotopic (exact) mass is 567 g/mol. The quantitative estimate of drug-likeness (QED) is 0.416. The highest BCUT2D eigenvalue weighted by Crippen LogP contribution is 2.38. The number of nitrogens with one attached hydrogen (secondary N) is 1. The Morgan fingerprint density at radius 3 is 2.41 bits per heavy atom. The molecular weight excluding hydrogens is 534 g/mol. The van der Waals surface area contributed by atoms with Gasteiger partial charge in [-0.25, -0.2) is 13.2 Å². The van der Waals surface area contributed by atoms with E-state index >= 15 is 0 Å². The summed E-state index contributed by atoms with van der Waals surface area (Å²) < 4.78 is 33.4. The predicted octanol–water partition coefficient (Wildman–Crippen LogP) is 4.69. The van der Waals surface area contributed by atoms with Crippen molar-refractivity contribution in [2.75, 3.05) is 25.0 Å². The molecule has 3 aromatic rings. The molecule has 0 atom stereocenters. The molecule has 2 aromatic carbocycles. The Morgan fingerprint density at radius 2 is 1.72 bits per heavy atom. The number of anilines is 1. The molecule has 0 unspecified atom stereocenters. The van der Waals surface area contributed by atoms with Crippen LogP contribution in [0.3, 0.4) is 0 Å². The van der Waals surface area contributed by atoms with E-state index in [1.165, 1.54) is 45.5 Å². The molecule has 206 valence electrons. The fourth-order valence-corrected chi connectivity index (χ4v) is 7.82. The van der Waals surface area contributed by atoms with Gasteiger partial charge in [0, 0.05) is 42.7 Å². The lowest BCUT2D eigenvalue weighted by Gasteiger charge is -2.30. The molecule has 1 N–H and O–H groups in total. The fourth-order valence-electron chi connectivity index (χ4n) is 5.15. The van der Waals surface area contributed by atoms with Gasteiger partial charge in [0.2, 0.25) is 10.0 Å². The zero-order valence-corrected chi connectivity index (χ0v) is 24.0. The Hall–Kier alpha value is -3.05. The molecule has 0 bridgehead atoms. The highest BCUT2D eigenvalue weighted by Gasteiger charge is 2.31. The number of carbonyl (C=O) groups excluding carboxylic acids is 2. The first kappa shape index (κ1) is 27.5. The Morgan fingerprint density at radius 1 is 1.00 bits per heavy atom. The van der Waals surface area contributed by atoms with Crippen LogP contribution in [0.4, 0.5) is 5.00 Å². The second kappa shape index (κ2) is 11.2. The van der Waals surface area contributed by atoms with Crippen molar-refractivity contribution in [3.8, 4) is 0 Å². The highest BCUT2D eigenvalue weighted by molar-refractivity contribution is 7.89. The van der Waals surface area contributed by atoms with Gasteiger partial charge in [-0.05, 0) is 74.6 Å². The molecule has 39 heavy (non-hydrogen) atoms. The summed E-state index contributed by atoms with van der Waals surface area (Å²) in [5.74, 6) is -0.844. The molecule has 1 aromatic heterocycles. The molecule has 0 spiro atoms. The van der Waals surface area contributed by atoms with Gasteiger partial charge in [-0.15, -0.1) is 11.3 Å². The van der Waals surface area contributed by atoms with E-state index in [4.69, 9.17) is 4.74 Å². The van der Waals surface area contributed by atoms with E-state index in [0.717, 1.165) is 22.5 Å². The molecule has 5 rings (SSSR count). The maximum atomic E-state index is 13.3. The molecule has 0 radical (unpaired) electrons. The van der Waals surface area contributed by atoms with Gasteiger partial charge in [-0.3, -0.25) is 9.69 Å². The lowest BCUT2D eigenvalue weighted by molar-refractivity contribution is 0.0526. The molecule has 2 aliphatic rings. The molecule has 2 aliphatic heterocycles. The van der Waals surface area contributed by atoms with Crippen LogP contribution in [-0.2, 0) is 40.7 Å². The lowest BCUT2D eigenvalue weighted by Crippen LogP contribution is -2.35. The van der Waals surface area contributed by atoms with E-state index in [0.29, 0.717) is 54.6 Å². The van der Waals surface area contributed by atoms with Crippen molar-refractivity contribution < 1.29 is 22.7 Å². The number of hydrogen-bond donors (Lipinski definition) is 1. The smallest absolute Gasteiger partial charge is 0.341 e. The third kappa shape index (κ3) is 5.51. The van der Waals surface area contributed by atoms with Crippen LogP contribution in [0.2, 0.25) is 0 Å². The molecule has 0 saturated heterocycles. The van der Waals surface area contributed by atoms with E-state index < -0.39 is 21.9 Å². The van der Waals surface area contributed by atoms with Crippen molar-refractivity contribution in [3.63, 3.8) is 0 Å². The summed E-state index contributed by atoms with van der Waals surface area (Å²) in [7, 11) is -3.71. The molecule has 0 aliphatic carbocycles. The summed E-state index contributed by atoms with van der Waals surface area (Å²) in [4.78, 5) is 29.6. The maximum absolute atomic E-state index is 13.3. The number of sulfonamides is 1. The normalized spacial score (nSPS) is 16.0. The second-order valence-corrected chi connectivity index (χ2v) is 13.1. The second-order valence-electron chi connectivity index (χ2n) is 10.1. The number of ether oxygens (including phenoxy) is 1. The van der Waals surface area contributed by atoms with E-state index in [-0.39, 0.29) is 11.5 Å². The molecule has 0 fully saturated rings. The molecule has 10 heteroatoms. The topological polar surface area (TPSA) is 96.0 Å². The first-order valence-electron chi connectivity index (χ1n) is 13.2. The van der Waals surface area contributed by atoms with Crippen molar-refractivity contribution in [2.24, 2.45) is 0 Å². The van der Waals surface area contributed by atoms with Crippen LogP contribution in [0.1, 0.15) is 63.1 Å². The Bertz CT molecular complexity index is 1500. The third-order valence-corrected chi connectivity index (χ3v) is 10.4. The van der Waals surface area contributed by atoms with E-state index in [2.05, 4.69) is 24.1 Å². The van der Waals surface area contributed by atoms with Crippen LogP contribution in [0.25, 0.3) is 0 Å². The number of amides is 1. The van der Waals surface area contributed by atoms with Gasteiger partial charge in [0.15, 0.2) is 0 Å². The van der Waals surface area contributed by atoms with E-state index in [9.17, 15) is 18.0 Å². The van der Waals surface area contributed by atoms with E-state index in [1.807, 2.05) is 24.3 Å². The van der Waals surface area contributed by atoms with Crippen molar-refractivity contribution in [1.82, 2.24) is 9.21 Å². The Labute approximate surface area is 233 Å². The number of benzene rings is 2. The summed E-state index contributed by atoms with van der Waals surface area (Å²) >= 11 is 1.40. The van der Waals surface area contributed by atoms with Crippen molar-refractivity contribution in [1.29, 1.82) is 0 Å². The molecule has 8 nitrogen and oxygen atoms in total. The minimum absolute atomic E-state index is 0.144. The van der Waals surface area contributed by atoms with Crippen LogP contribution in [0.15, 0.2) is 53.4 Å². The average molecular weight is 568 g/mol. The first-order valence-corrected chi connectivity index (χ1v) is 15.5. The number of esters is 1. The van der Waals surface area contributed by atoms with Crippen LogP contribution < -0.4 is 5.32 Å². The van der Waals surface area contributed by atoms with Crippen LogP contribution in [0, 0.1) is 0 Å². The Balaban J connectivity index is 1.35. The van der Waals surface area contributed by atoms with Gasteiger partial charge >= 0.3 is 5.97 Å². The van der Waals surface area contributed by atoms with Crippen LogP contribution in [-0.4, -0.2) is 55.2 Å². The minimum Gasteiger partial charge on any atom is -0.462 e. The highest BCUT2D eigenvalue weighted by atomic mass is 32.2. The van der Waals surface area contributed by atoms with Crippen LogP contribution >= 0.6 is 11.3 Å². The van der Waals surface area contributed by atoms with Crippen molar-refractivity contribution in [3.05, 3.63) is 81.2 Å². The standard InChI is InChI=1S/C29H33N3O5S2/c1-4-37-29(34)26-24-14-15-31(19(2)3)18-25(24)38-28(26)30-27(33)21-9-11-23(12-10-21)39(35,36)32-16-13-20-7-5-6-8-22(20)17-32/h5-12,19H,4,13-18H2,1-3H3,(H,30,33). The summed E-state index contributed by atoms with van der Waals surface area (Å²) in [5, 5.41) is 3.37. The number of rotatable bonds is 7. The summed E-state index contributed by atoms with van der Waals surface area (Å²) in [6, 6.07) is 14.2. The minimum atomic E-state index is -3.71. The predicted molar refractivity (Wildman–Crippen MR) is 152 cm³/mol. The van der Waals surface area contributed by atoms with Crippen LogP contribution in [0.5, 0.6) is 0 Å². The van der Waals surface area contributed by atoms with Gasteiger partial charge in [0.05, 0.1) is 17.1 Å². The zero-order chi connectivity index (χ0) is 27.7. The average Bonchev–Trinajstić information content (AvgIpc) is 3.30. The van der Waals surface area contributed by atoms with Gasteiger partial charge in [-0.1, -0.05) is 24.3 Å². The lowest BCUT2D eigenvalue weighted by atomic mass is 10.0. The molecule has 1 amide bonds. The van der Waals surface area contributed by atoms with Gasteiger partial charge in [-0.2, -0.15) is 4.31 Å². The first-order chi connectivity index (χ1) is 18.7. The largest absolute Gasteiger partial charge is 0.462 e. The third-order valence-electron chi connectivity index (χ3n) is 7.37. The Kier molecular flexibility index (Phi) is 7.91. The van der Waals surface area contributed by atoms with E-state index in [1.54, 1.807) is 6.92 Å². The summed E-state index contributed by atoms with van der Waals surface area (Å²) in [6.07, 6.45) is 1.37. The van der Waals surface area contributed by atoms with Crippen molar-refractivity contribution in [2.45, 2.75) is 57.6 Å². The SMILES string of the molecule is CCOC(=O)c1c(NC(=O)c2ccc(S(=O)(=O)N3CCc4ccccc4C3)cc2)sc2c1CCN(C(C)C)C2. The number of carbonyl (C=O) groups is 2. The summed E-state index contributed by atoms with van der Waals surface area (Å²) in [6.45, 7) is 8.57. The van der Waals surface area contributed by atoms with Crippen molar-refractivity contribution >= 4 is 38.2 Å². The number of fused-ring (bicyclic) bond motifs is 2. The summed E-state index contributed by atoms with van der Waals surface area (Å²) in [5.41, 5.74) is 3.86. The fraction of sp³-hybridized carbons (Fsp3) is 0.379. The number of nitrogens with zero attached hydrogens (tertiary/aromatic N) is 2. The van der Waals surface area contributed by atoms with Gasteiger partial charge in [0.1, 0.15) is 5.00 Å². The molecule has 3 heterocycles. The van der Waals surface area contributed by atoms with Gasteiger partial charge in [0.25, 0.3) is 5.91 Å². The molecular formula is C29H33N3O5S2. The number of hydrogen-bond acceptors (Lipinski definition) is 7. The van der Waals surface area contributed by atoms with Gasteiger partial charge < -0.3 is 10.1 Å². The molecule has 0 saturated carbocycles.